The molecule has 0 unspecified atom stereocenters. The minimum atomic E-state index is 0.608. The van der Waals surface area contributed by atoms with Gasteiger partial charge >= 0.3 is 0 Å². The first-order valence-corrected chi connectivity index (χ1v) is 8.70. The van der Waals surface area contributed by atoms with E-state index in [0.717, 1.165) is 29.2 Å². The summed E-state index contributed by atoms with van der Waals surface area (Å²) in [7, 11) is 0. The average Bonchev–Trinajstić information content (AvgIpc) is 2.94. The number of thiocarbonyl (C=S) groups is 1. The van der Waals surface area contributed by atoms with Gasteiger partial charge in [0.25, 0.3) is 0 Å². The van der Waals surface area contributed by atoms with Crippen LogP contribution in [0.2, 0.25) is 5.02 Å². The first-order valence-electron chi connectivity index (χ1n) is 7.91. The van der Waals surface area contributed by atoms with Gasteiger partial charge in [0.2, 0.25) is 0 Å². The normalized spacial score (nSPS) is 10.8. The largest absolute Gasteiger partial charge is 0.362 e. The topological polar surface area (TPSA) is 39.9 Å². The number of anilines is 1. The van der Waals surface area contributed by atoms with Gasteiger partial charge in [-0.05, 0) is 67.9 Å². The Labute approximate surface area is 152 Å². The van der Waals surface area contributed by atoms with Gasteiger partial charge in [-0.1, -0.05) is 29.3 Å². The maximum Gasteiger partial charge on any atom is 0.170 e. The smallest absolute Gasteiger partial charge is 0.170 e. The molecule has 0 aliphatic heterocycles. The number of halogens is 1. The summed E-state index contributed by atoms with van der Waals surface area (Å²) >= 11 is 11.5. The van der Waals surface area contributed by atoms with Gasteiger partial charge in [-0.2, -0.15) is 0 Å². The number of aryl methyl sites for hydroxylation is 1. The van der Waals surface area contributed by atoms with Crippen LogP contribution in [0.1, 0.15) is 16.7 Å². The zero-order chi connectivity index (χ0) is 17.1. The van der Waals surface area contributed by atoms with E-state index >= 15 is 0 Å². The molecule has 0 radical (unpaired) electrons. The van der Waals surface area contributed by atoms with Crippen molar-refractivity contribution in [2.24, 2.45) is 0 Å². The van der Waals surface area contributed by atoms with E-state index in [2.05, 4.69) is 46.9 Å². The van der Waals surface area contributed by atoms with Crippen molar-refractivity contribution < 1.29 is 0 Å². The van der Waals surface area contributed by atoms with Crippen LogP contribution in [0.3, 0.4) is 0 Å². The van der Waals surface area contributed by atoms with E-state index in [-0.39, 0.29) is 0 Å². The van der Waals surface area contributed by atoms with Crippen LogP contribution < -0.4 is 10.6 Å². The van der Waals surface area contributed by atoms with Gasteiger partial charge in [-0.25, -0.2) is 0 Å². The third kappa shape index (κ3) is 3.71. The number of H-pyrrole nitrogens is 1. The minimum Gasteiger partial charge on any atom is -0.362 e. The number of aromatic nitrogens is 1. The summed E-state index contributed by atoms with van der Waals surface area (Å²) in [5, 5.41) is 9.08. The highest BCUT2D eigenvalue weighted by Gasteiger charge is 2.06. The van der Waals surface area contributed by atoms with Gasteiger partial charge < -0.3 is 15.6 Å². The Bertz CT molecular complexity index is 885. The van der Waals surface area contributed by atoms with Crippen LogP contribution in [0, 0.1) is 13.8 Å². The number of benzene rings is 2. The molecule has 1 heterocycles. The molecule has 0 saturated carbocycles. The molecule has 3 rings (SSSR count). The van der Waals surface area contributed by atoms with Gasteiger partial charge in [0.15, 0.2) is 5.11 Å². The van der Waals surface area contributed by atoms with Crippen molar-refractivity contribution >= 4 is 45.5 Å². The van der Waals surface area contributed by atoms with Crippen LogP contribution in [0.5, 0.6) is 0 Å². The predicted molar refractivity (Wildman–Crippen MR) is 107 cm³/mol. The molecule has 0 spiro atoms. The highest BCUT2D eigenvalue weighted by Crippen LogP contribution is 2.23. The molecule has 0 bridgehead atoms. The van der Waals surface area contributed by atoms with Gasteiger partial charge in [0, 0.05) is 34.4 Å². The van der Waals surface area contributed by atoms with Crippen LogP contribution in [-0.4, -0.2) is 16.6 Å². The first kappa shape index (κ1) is 16.8. The van der Waals surface area contributed by atoms with Crippen LogP contribution in [0.25, 0.3) is 10.9 Å². The van der Waals surface area contributed by atoms with Gasteiger partial charge in [0.05, 0.1) is 0 Å². The summed E-state index contributed by atoms with van der Waals surface area (Å²) in [4.78, 5) is 3.32. The van der Waals surface area contributed by atoms with E-state index < -0.39 is 0 Å². The second-order valence-electron chi connectivity index (χ2n) is 5.91. The first-order chi connectivity index (χ1) is 11.5. The van der Waals surface area contributed by atoms with E-state index in [1.807, 2.05) is 25.1 Å². The average molecular weight is 358 g/mol. The number of hydrogen-bond acceptors (Lipinski definition) is 1. The summed E-state index contributed by atoms with van der Waals surface area (Å²) in [6.07, 6.45) is 2.98. The molecule has 2 aromatic carbocycles. The van der Waals surface area contributed by atoms with Crippen LogP contribution >= 0.6 is 23.8 Å². The highest BCUT2D eigenvalue weighted by atomic mass is 35.5. The molecule has 0 amide bonds. The fraction of sp³-hybridized carbons (Fsp3) is 0.211. The summed E-state index contributed by atoms with van der Waals surface area (Å²) in [5.74, 6) is 0. The fourth-order valence-electron chi connectivity index (χ4n) is 2.72. The fourth-order valence-corrected chi connectivity index (χ4v) is 3.11. The molecule has 0 atom stereocenters. The van der Waals surface area contributed by atoms with Crippen LogP contribution in [0.15, 0.2) is 42.6 Å². The lowest BCUT2D eigenvalue weighted by Gasteiger charge is -2.13. The molecule has 24 heavy (non-hydrogen) atoms. The van der Waals surface area contributed by atoms with Gasteiger partial charge in [0.1, 0.15) is 0 Å². The molecule has 3 aromatic rings. The van der Waals surface area contributed by atoms with Crippen molar-refractivity contribution in [3.63, 3.8) is 0 Å². The number of rotatable bonds is 4. The number of fused-ring (bicyclic) bond motifs is 1. The van der Waals surface area contributed by atoms with E-state index in [0.29, 0.717) is 5.11 Å². The predicted octanol–water partition coefficient (Wildman–Crippen LogP) is 4.97. The number of nitrogens with one attached hydrogen (secondary N) is 3. The Hall–Kier alpha value is -2.04. The zero-order valence-electron chi connectivity index (χ0n) is 13.7. The van der Waals surface area contributed by atoms with Crippen LogP contribution in [-0.2, 0) is 6.42 Å². The molecule has 0 aliphatic carbocycles. The molecule has 1 aromatic heterocycles. The highest BCUT2D eigenvalue weighted by molar-refractivity contribution is 7.80. The molecule has 0 saturated heterocycles. The van der Waals surface area contributed by atoms with Gasteiger partial charge in [-0.3, -0.25) is 0 Å². The maximum atomic E-state index is 6.13. The van der Waals surface area contributed by atoms with Gasteiger partial charge in [-0.15, -0.1) is 0 Å². The Morgan fingerprint density at radius 1 is 1.21 bits per heavy atom. The molecule has 5 heteroatoms. The zero-order valence-corrected chi connectivity index (χ0v) is 15.3. The summed E-state index contributed by atoms with van der Waals surface area (Å²) in [6, 6.07) is 12.2. The molecular formula is C19H20ClN3S. The summed E-state index contributed by atoms with van der Waals surface area (Å²) in [6.45, 7) is 4.86. The lowest BCUT2D eigenvalue weighted by Crippen LogP contribution is -2.30. The van der Waals surface area contributed by atoms with E-state index in [1.54, 1.807) is 0 Å². The Kier molecular flexibility index (Phi) is 5.07. The van der Waals surface area contributed by atoms with Crippen molar-refractivity contribution in [3.8, 4) is 0 Å². The molecule has 0 aliphatic rings. The van der Waals surface area contributed by atoms with E-state index in [4.69, 9.17) is 23.8 Å². The van der Waals surface area contributed by atoms with E-state index in [9.17, 15) is 0 Å². The Morgan fingerprint density at radius 3 is 2.88 bits per heavy atom. The maximum absolute atomic E-state index is 6.13. The molecule has 3 nitrogen and oxygen atoms in total. The lowest BCUT2D eigenvalue weighted by atomic mass is 10.1. The minimum absolute atomic E-state index is 0.608. The lowest BCUT2D eigenvalue weighted by molar-refractivity contribution is 0.878. The third-order valence-electron chi connectivity index (χ3n) is 4.12. The SMILES string of the molecule is Cc1ccc2[nH]cc(CCNC(=S)Nc3cccc(Cl)c3C)c2c1. The third-order valence-corrected chi connectivity index (χ3v) is 4.77. The molecule has 124 valence electrons. The van der Waals surface area contributed by atoms with Crippen molar-refractivity contribution in [2.75, 3.05) is 11.9 Å². The van der Waals surface area contributed by atoms with E-state index in [1.165, 1.54) is 22.0 Å². The molecule has 0 fully saturated rings. The van der Waals surface area contributed by atoms with Crippen molar-refractivity contribution in [2.45, 2.75) is 20.3 Å². The van der Waals surface area contributed by atoms with Crippen molar-refractivity contribution in [1.82, 2.24) is 10.3 Å². The second kappa shape index (κ2) is 7.24. The Balaban J connectivity index is 1.58. The summed E-state index contributed by atoms with van der Waals surface area (Å²) in [5.41, 5.74) is 5.66. The molecular weight excluding hydrogens is 338 g/mol. The quantitative estimate of drug-likeness (QED) is 0.577. The summed E-state index contributed by atoms with van der Waals surface area (Å²) < 4.78 is 0. The number of aromatic amines is 1. The second-order valence-corrected chi connectivity index (χ2v) is 6.72. The van der Waals surface area contributed by atoms with Crippen molar-refractivity contribution in [3.05, 3.63) is 64.3 Å². The van der Waals surface area contributed by atoms with Crippen LogP contribution in [0.4, 0.5) is 5.69 Å². The van der Waals surface area contributed by atoms with Crippen molar-refractivity contribution in [1.29, 1.82) is 0 Å². The number of hydrogen-bond donors (Lipinski definition) is 3. The molecule has 3 N–H and O–H groups in total. The Morgan fingerprint density at radius 2 is 2.04 bits per heavy atom. The standard InChI is InChI=1S/C19H20ClN3S/c1-12-6-7-18-15(10-12)14(11-22-18)8-9-21-19(24)23-17-5-3-4-16(20)13(17)2/h3-7,10-11,22H,8-9H2,1-2H3,(H2,21,23,24). The monoisotopic (exact) mass is 357 g/mol.